The Morgan fingerprint density at radius 3 is 2.57 bits per heavy atom. The number of rotatable bonds is 5. The maximum absolute atomic E-state index is 11.5. The third kappa shape index (κ3) is 3.60. The van der Waals surface area contributed by atoms with Gasteiger partial charge in [-0.2, -0.15) is 0 Å². The average molecular weight is 313 g/mol. The Balaban J connectivity index is 1.84. The molecule has 3 rings (SSSR count). The molecule has 5 heteroatoms. The molecule has 0 bridgehead atoms. The van der Waals surface area contributed by atoms with E-state index in [2.05, 4.69) is 10.3 Å². The van der Waals surface area contributed by atoms with Gasteiger partial charge >= 0.3 is 5.97 Å². The summed E-state index contributed by atoms with van der Waals surface area (Å²) in [6.07, 6.45) is 8.17. The number of aromatic carboxylic acids is 1. The molecule has 0 spiro atoms. The predicted molar refractivity (Wildman–Crippen MR) is 88.0 cm³/mol. The summed E-state index contributed by atoms with van der Waals surface area (Å²) < 4.78 is 1.69. The molecule has 0 unspecified atom stereocenters. The number of aryl methyl sites for hydroxylation is 1. The zero-order chi connectivity index (χ0) is 16.2. The number of carboxylic acid groups (broad SMARTS) is 1. The number of nitrogens with zero attached hydrogens (tertiary/aromatic N) is 3. The Morgan fingerprint density at radius 2 is 1.91 bits per heavy atom. The molecule has 1 aliphatic rings. The van der Waals surface area contributed by atoms with Crippen molar-refractivity contribution < 1.29 is 9.90 Å². The summed E-state index contributed by atoms with van der Waals surface area (Å²) in [6, 6.07) is 7.92. The van der Waals surface area contributed by atoms with E-state index >= 15 is 0 Å². The number of hydrogen-bond acceptors (Lipinski definition) is 3. The molecule has 0 aliphatic heterocycles. The van der Waals surface area contributed by atoms with Crippen molar-refractivity contribution in [1.29, 1.82) is 0 Å². The summed E-state index contributed by atoms with van der Waals surface area (Å²) in [5.74, 6) is -0.297. The first kappa shape index (κ1) is 15.7. The Morgan fingerprint density at radius 1 is 1.22 bits per heavy atom. The molecule has 1 aromatic heterocycles. The van der Waals surface area contributed by atoms with E-state index in [4.69, 9.17) is 0 Å². The number of carbonyl (C=O) groups is 1. The number of carboxylic acids is 1. The fourth-order valence-electron chi connectivity index (χ4n) is 3.40. The Hall–Kier alpha value is -2.17. The maximum atomic E-state index is 11.5. The third-order valence-electron chi connectivity index (χ3n) is 4.76. The van der Waals surface area contributed by atoms with Gasteiger partial charge in [-0.3, -0.25) is 0 Å². The largest absolute Gasteiger partial charge is 0.476 e. The molecule has 23 heavy (non-hydrogen) atoms. The van der Waals surface area contributed by atoms with Crippen molar-refractivity contribution in [3.05, 3.63) is 41.2 Å². The van der Waals surface area contributed by atoms with Crippen molar-refractivity contribution >= 4 is 5.97 Å². The van der Waals surface area contributed by atoms with Gasteiger partial charge in [0.2, 0.25) is 0 Å². The average Bonchev–Trinajstić information content (AvgIpc) is 2.99. The summed E-state index contributed by atoms with van der Waals surface area (Å²) in [7, 11) is 0. The number of hydrogen-bond donors (Lipinski definition) is 1. The lowest BCUT2D eigenvalue weighted by molar-refractivity contribution is 0.0689. The van der Waals surface area contributed by atoms with Crippen LogP contribution in [0.15, 0.2) is 24.3 Å². The first-order chi connectivity index (χ1) is 11.1. The van der Waals surface area contributed by atoms with Crippen LogP contribution in [0.25, 0.3) is 5.69 Å². The second-order valence-electron chi connectivity index (χ2n) is 6.48. The maximum Gasteiger partial charge on any atom is 0.358 e. The van der Waals surface area contributed by atoms with Crippen LogP contribution in [0, 0.1) is 12.8 Å². The van der Waals surface area contributed by atoms with Crippen LogP contribution >= 0.6 is 0 Å². The lowest BCUT2D eigenvalue weighted by atomic mass is 9.85. The summed E-state index contributed by atoms with van der Waals surface area (Å²) >= 11 is 0. The van der Waals surface area contributed by atoms with Gasteiger partial charge in [0.1, 0.15) is 0 Å². The van der Waals surface area contributed by atoms with Crippen LogP contribution in [0.1, 0.15) is 60.3 Å². The highest BCUT2D eigenvalue weighted by atomic mass is 16.4. The van der Waals surface area contributed by atoms with Gasteiger partial charge in [0, 0.05) is 0 Å². The normalized spacial score (nSPS) is 15.7. The van der Waals surface area contributed by atoms with Gasteiger partial charge in [-0.05, 0) is 37.8 Å². The number of aromatic nitrogens is 3. The summed E-state index contributed by atoms with van der Waals surface area (Å²) in [6.45, 7) is 2.03. The molecule has 0 radical (unpaired) electrons. The van der Waals surface area contributed by atoms with E-state index in [0.717, 1.165) is 17.7 Å². The Kier molecular flexibility index (Phi) is 4.74. The van der Waals surface area contributed by atoms with E-state index in [-0.39, 0.29) is 5.69 Å². The molecule has 1 heterocycles. The van der Waals surface area contributed by atoms with Gasteiger partial charge in [-0.25, -0.2) is 9.48 Å². The molecule has 5 nitrogen and oxygen atoms in total. The summed E-state index contributed by atoms with van der Waals surface area (Å²) in [5, 5.41) is 17.4. The fourth-order valence-corrected chi connectivity index (χ4v) is 3.40. The molecule has 0 amide bonds. The van der Waals surface area contributed by atoms with Crippen LogP contribution < -0.4 is 0 Å². The van der Waals surface area contributed by atoms with Crippen LogP contribution in [0.5, 0.6) is 0 Å². The molecule has 122 valence electrons. The van der Waals surface area contributed by atoms with Gasteiger partial charge in [0.15, 0.2) is 5.69 Å². The van der Waals surface area contributed by atoms with Crippen molar-refractivity contribution in [3.63, 3.8) is 0 Å². The molecular formula is C18H23N3O2. The lowest BCUT2D eigenvalue weighted by Gasteiger charge is -2.21. The van der Waals surface area contributed by atoms with Crippen molar-refractivity contribution in [2.45, 2.75) is 51.9 Å². The van der Waals surface area contributed by atoms with Crippen molar-refractivity contribution in [2.24, 2.45) is 5.92 Å². The molecule has 2 aromatic rings. The van der Waals surface area contributed by atoms with Gasteiger partial charge in [0.25, 0.3) is 0 Å². The van der Waals surface area contributed by atoms with Gasteiger partial charge < -0.3 is 5.11 Å². The van der Waals surface area contributed by atoms with Gasteiger partial charge in [0.05, 0.1) is 11.4 Å². The van der Waals surface area contributed by atoms with E-state index in [1.54, 1.807) is 4.68 Å². The zero-order valence-corrected chi connectivity index (χ0v) is 13.5. The molecule has 0 atom stereocenters. The smallest absolute Gasteiger partial charge is 0.358 e. The van der Waals surface area contributed by atoms with Crippen LogP contribution in [-0.4, -0.2) is 26.1 Å². The first-order valence-electron chi connectivity index (χ1n) is 8.40. The highest BCUT2D eigenvalue weighted by Crippen LogP contribution is 2.28. The SMILES string of the molecule is Cc1ccc(-n2nnc(C(=O)O)c2CCC2CCCCC2)cc1. The quantitative estimate of drug-likeness (QED) is 0.912. The Labute approximate surface area is 136 Å². The first-order valence-corrected chi connectivity index (χ1v) is 8.40. The summed E-state index contributed by atoms with van der Waals surface area (Å²) in [4.78, 5) is 11.5. The predicted octanol–water partition coefficient (Wildman–Crippen LogP) is 3.79. The summed E-state index contributed by atoms with van der Waals surface area (Å²) in [5.41, 5.74) is 2.83. The minimum atomic E-state index is -0.998. The van der Waals surface area contributed by atoms with E-state index in [0.29, 0.717) is 18.0 Å². The third-order valence-corrected chi connectivity index (χ3v) is 4.76. The second-order valence-corrected chi connectivity index (χ2v) is 6.48. The van der Waals surface area contributed by atoms with E-state index in [9.17, 15) is 9.90 Å². The van der Waals surface area contributed by atoms with Gasteiger partial charge in [-0.1, -0.05) is 55.0 Å². The lowest BCUT2D eigenvalue weighted by Crippen LogP contribution is -2.12. The van der Waals surface area contributed by atoms with E-state index in [1.807, 2.05) is 31.2 Å². The van der Waals surface area contributed by atoms with E-state index < -0.39 is 5.97 Å². The molecule has 1 aliphatic carbocycles. The minimum absolute atomic E-state index is 0.0846. The minimum Gasteiger partial charge on any atom is -0.476 e. The molecule has 0 saturated heterocycles. The fraction of sp³-hybridized carbons (Fsp3) is 0.500. The number of benzene rings is 1. The van der Waals surface area contributed by atoms with Crippen LogP contribution in [0.2, 0.25) is 0 Å². The monoisotopic (exact) mass is 313 g/mol. The molecule has 1 N–H and O–H groups in total. The highest BCUT2D eigenvalue weighted by Gasteiger charge is 2.22. The highest BCUT2D eigenvalue weighted by molar-refractivity contribution is 5.86. The van der Waals surface area contributed by atoms with E-state index in [1.165, 1.54) is 32.1 Å². The van der Waals surface area contributed by atoms with Crippen molar-refractivity contribution in [2.75, 3.05) is 0 Å². The molecule has 1 aromatic carbocycles. The standard InChI is InChI=1S/C18H23N3O2/c1-13-7-10-15(11-8-13)21-16(17(18(22)23)19-20-21)12-9-14-5-3-2-4-6-14/h7-8,10-11,14H,2-6,9,12H2,1H3,(H,22,23). The van der Waals surface area contributed by atoms with Crippen LogP contribution in [0.3, 0.4) is 0 Å². The molecular weight excluding hydrogens is 290 g/mol. The van der Waals surface area contributed by atoms with Crippen LogP contribution in [-0.2, 0) is 6.42 Å². The topological polar surface area (TPSA) is 68.0 Å². The Bertz CT molecular complexity index is 670. The zero-order valence-electron chi connectivity index (χ0n) is 13.5. The van der Waals surface area contributed by atoms with Crippen molar-refractivity contribution in [3.8, 4) is 5.69 Å². The second kappa shape index (κ2) is 6.94. The van der Waals surface area contributed by atoms with Gasteiger partial charge in [-0.15, -0.1) is 5.10 Å². The van der Waals surface area contributed by atoms with Crippen LogP contribution in [0.4, 0.5) is 0 Å². The van der Waals surface area contributed by atoms with Crippen molar-refractivity contribution in [1.82, 2.24) is 15.0 Å². The molecule has 1 fully saturated rings. The molecule has 1 saturated carbocycles.